The van der Waals surface area contributed by atoms with Crippen LogP contribution in [0.5, 0.6) is 0 Å². The molecule has 0 spiro atoms. The van der Waals surface area contributed by atoms with Crippen LogP contribution in [0.1, 0.15) is 57.8 Å². The van der Waals surface area contributed by atoms with Gasteiger partial charge in [0.2, 0.25) is 0 Å². The summed E-state index contributed by atoms with van der Waals surface area (Å²) in [4.78, 5) is 0. The van der Waals surface area contributed by atoms with E-state index in [1.54, 1.807) is 0 Å². The van der Waals surface area contributed by atoms with E-state index < -0.39 is 0 Å². The van der Waals surface area contributed by atoms with E-state index in [4.69, 9.17) is 0 Å². The molecule has 0 aromatic heterocycles. The summed E-state index contributed by atoms with van der Waals surface area (Å²) >= 11 is 3.51. The summed E-state index contributed by atoms with van der Waals surface area (Å²) < 4.78 is 0. The van der Waals surface area contributed by atoms with E-state index in [0.29, 0.717) is 0 Å². The van der Waals surface area contributed by atoms with Crippen molar-refractivity contribution < 1.29 is 0 Å². The lowest BCUT2D eigenvalue weighted by molar-refractivity contribution is 0.357. The fraction of sp³-hybridized carbons (Fsp3) is 1.00. The predicted octanol–water partition coefficient (Wildman–Crippen LogP) is 4.52. The molecule has 0 bridgehead atoms. The highest BCUT2D eigenvalue weighted by Gasteiger charge is 2.10. The van der Waals surface area contributed by atoms with Crippen molar-refractivity contribution in [1.82, 2.24) is 0 Å². The van der Waals surface area contributed by atoms with E-state index in [9.17, 15) is 0 Å². The van der Waals surface area contributed by atoms with E-state index in [1.165, 1.54) is 63.1 Å². The summed E-state index contributed by atoms with van der Waals surface area (Å²) in [7, 11) is 0. The molecular weight excluding hydrogens is 212 g/mol. The van der Waals surface area contributed by atoms with Gasteiger partial charge in [-0.3, -0.25) is 0 Å². The molecule has 0 N–H and O–H groups in total. The molecule has 1 aliphatic carbocycles. The van der Waals surface area contributed by atoms with E-state index >= 15 is 0 Å². The Morgan fingerprint density at radius 1 is 0.917 bits per heavy atom. The highest BCUT2D eigenvalue weighted by atomic mass is 79.9. The zero-order valence-corrected chi connectivity index (χ0v) is 9.61. The Labute approximate surface area is 85.3 Å². The number of hydrogen-bond acceptors (Lipinski definition) is 0. The van der Waals surface area contributed by atoms with Crippen LogP contribution in [0, 0.1) is 5.92 Å². The van der Waals surface area contributed by atoms with Crippen LogP contribution in [0.4, 0.5) is 0 Å². The maximum absolute atomic E-state index is 3.51. The zero-order valence-electron chi connectivity index (χ0n) is 8.03. The van der Waals surface area contributed by atoms with Gasteiger partial charge >= 0.3 is 0 Å². The first-order chi connectivity index (χ1) is 5.93. The molecule has 1 fully saturated rings. The summed E-state index contributed by atoms with van der Waals surface area (Å²) in [6.07, 6.45) is 13.3. The Morgan fingerprint density at radius 3 is 2.08 bits per heavy atom. The first-order valence-electron chi connectivity index (χ1n) is 5.49. The molecule has 1 aliphatic rings. The summed E-state index contributed by atoms with van der Waals surface area (Å²) in [5.41, 5.74) is 0. The van der Waals surface area contributed by atoms with Crippen LogP contribution in [-0.4, -0.2) is 5.33 Å². The van der Waals surface area contributed by atoms with Gasteiger partial charge in [0.05, 0.1) is 0 Å². The van der Waals surface area contributed by atoms with Gasteiger partial charge in [0, 0.05) is 5.33 Å². The second-order valence-electron chi connectivity index (χ2n) is 4.04. The quantitative estimate of drug-likeness (QED) is 0.628. The molecule has 1 saturated carbocycles. The number of alkyl halides is 1. The van der Waals surface area contributed by atoms with Crippen LogP contribution in [-0.2, 0) is 0 Å². The minimum absolute atomic E-state index is 1.06. The van der Waals surface area contributed by atoms with Crippen molar-refractivity contribution in [1.29, 1.82) is 0 Å². The van der Waals surface area contributed by atoms with Gasteiger partial charge in [-0.2, -0.15) is 0 Å². The molecule has 0 radical (unpaired) electrons. The Balaban J connectivity index is 2.11. The lowest BCUT2D eigenvalue weighted by Crippen LogP contribution is -2.03. The molecule has 0 nitrogen and oxygen atoms in total. The minimum Gasteiger partial charge on any atom is -0.0928 e. The average molecular weight is 233 g/mol. The molecule has 1 rings (SSSR count). The molecule has 0 atom stereocenters. The van der Waals surface area contributed by atoms with Gasteiger partial charge in [0.25, 0.3) is 0 Å². The molecule has 1 heteroatoms. The smallest absolute Gasteiger partial charge is 0.00314 e. The van der Waals surface area contributed by atoms with E-state index in [-0.39, 0.29) is 0 Å². The van der Waals surface area contributed by atoms with Crippen molar-refractivity contribution in [2.45, 2.75) is 57.8 Å². The average Bonchev–Trinajstić information content (AvgIpc) is 2.02. The Kier molecular flexibility index (Phi) is 6.11. The summed E-state index contributed by atoms with van der Waals surface area (Å²) in [5, 5.41) is 1.20. The number of hydrogen-bond donors (Lipinski definition) is 0. The third kappa shape index (κ3) is 4.49. The molecule has 0 aliphatic heterocycles. The lowest BCUT2D eigenvalue weighted by atomic mass is 9.88. The van der Waals surface area contributed by atoms with Crippen molar-refractivity contribution in [3.05, 3.63) is 0 Å². The SMILES string of the molecule is BrCCCC1CCCCCCC1. The maximum atomic E-state index is 3.51. The molecule has 72 valence electrons. The largest absolute Gasteiger partial charge is 0.0928 e. The Morgan fingerprint density at radius 2 is 1.50 bits per heavy atom. The minimum atomic E-state index is 1.06. The fourth-order valence-corrected chi connectivity index (χ4v) is 2.52. The van der Waals surface area contributed by atoms with Gasteiger partial charge < -0.3 is 0 Å². The first kappa shape index (κ1) is 10.6. The van der Waals surface area contributed by atoms with Crippen LogP contribution < -0.4 is 0 Å². The van der Waals surface area contributed by atoms with Crippen LogP contribution in [0.3, 0.4) is 0 Å². The standard InChI is InChI=1S/C11H21Br/c12-10-6-9-11-7-4-2-1-3-5-8-11/h11H,1-10H2. The van der Waals surface area contributed by atoms with Gasteiger partial charge in [-0.1, -0.05) is 60.9 Å². The van der Waals surface area contributed by atoms with Gasteiger partial charge in [-0.25, -0.2) is 0 Å². The second-order valence-corrected chi connectivity index (χ2v) is 4.84. The van der Waals surface area contributed by atoms with Crippen LogP contribution in [0.15, 0.2) is 0 Å². The lowest BCUT2D eigenvalue weighted by Gasteiger charge is -2.18. The van der Waals surface area contributed by atoms with E-state index in [1.807, 2.05) is 0 Å². The van der Waals surface area contributed by atoms with Crippen molar-refractivity contribution in [2.24, 2.45) is 5.92 Å². The van der Waals surface area contributed by atoms with Crippen molar-refractivity contribution in [3.8, 4) is 0 Å². The number of rotatable bonds is 3. The number of halogens is 1. The van der Waals surface area contributed by atoms with Gasteiger partial charge in [-0.05, 0) is 18.8 Å². The first-order valence-corrected chi connectivity index (χ1v) is 6.61. The second kappa shape index (κ2) is 6.94. The predicted molar refractivity (Wildman–Crippen MR) is 58.8 cm³/mol. The third-order valence-corrected chi connectivity index (χ3v) is 3.53. The molecule has 0 unspecified atom stereocenters. The third-order valence-electron chi connectivity index (χ3n) is 2.97. The van der Waals surface area contributed by atoms with Crippen molar-refractivity contribution in [2.75, 3.05) is 5.33 Å². The molecule has 0 amide bonds. The topological polar surface area (TPSA) is 0 Å². The highest BCUT2D eigenvalue weighted by Crippen LogP contribution is 2.25. The van der Waals surface area contributed by atoms with Crippen LogP contribution in [0.25, 0.3) is 0 Å². The normalized spacial score (nSPS) is 21.8. The summed E-state index contributed by atoms with van der Waals surface area (Å²) in [6.45, 7) is 0. The molecule has 0 saturated heterocycles. The molecule has 12 heavy (non-hydrogen) atoms. The Bertz CT molecular complexity index is 90.4. The van der Waals surface area contributed by atoms with E-state index in [0.717, 1.165) is 5.92 Å². The Hall–Kier alpha value is 0.480. The van der Waals surface area contributed by atoms with Crippen LogP contribution >= 0.6 is 15.9 Å². The molecule has 0 heterocycles. The highest BCUT2D eigenvalue weighted by molar-refractivity contribution is 9.09. The van der Waals surface area contributed by atoms with Gasteiger partial charge in [-0.15, -0.1) is 0 Å². The maximum Gasteiger partial charge on any atom is 0.00314 e. The van der Waals surface area contributed by atoms with Crippen molar-refractivity contribution in [3.63, 3.8) is 0 Å². The van der Waals surface area contributed by atoms with Crippen LogP contribution in [0.2, 0.25) is 0 Å². The fourth-order valence-electron chi connectivity index (χ4n) is 2.20. The van der Waals surface area contributed by atoms with Crippen molar-refractivity contribution >= 4 is 15.9 Å². The summed E-state index contributed by atoms with van der Waals surface area (Å²) in [6, 6.07) is 0. The molecular formula is C11H21Br. The monoisotopic (exact) mass is 232 g/mol. The summed E-state index contributed by atoms with van der Waals surface area (Å²) in [5.74, 6) is 1.06. The molecule has 0 aromatic rings. The van der Waals surface area contributed by atoms with Gasteiger partial charge in [0.1, 0.15) is 0 Å². The zero-order chi connectivity index (χ0) is 8.65. The van der Waals surface area contributed by atoms with E-state index in [2.05, 4.69) is 15.9 Å². The van der Waals surface area contributed by atoms with Gasteiger partial charge in [0.15, 0.2) is 0 Å². The molecule has 0 aromatic carbocycles.